The summed E-state index contributed by atoms with van der Waals surface area (Å²) in [6.07, 6.45) is 0.312. The van der Waals surface area contributed by atoms with E-state index in [0.29, 0.717) is 27.7 Å². The number of hydrogen-bond acceptors (Lipinski definition) is 4. The van der Waals surface area contributed by atoms with Crippen LogP contribution >= 0.6 is 23.2 Å². The maximum Gasteiger partial charge on any atom is 0.264 e. The zero-order valence-electron chi connectivity index (χ0n) is 20.8. The summed E-state index contributed by atoms with van der Waals surface area (Å²) in [4.78, 5) is 28.0. The van der Waals surface area contributed by atoms with Crippen LogP contribution < -0.4 is 9.62 Å². The average Bonchev–Trinajstić information content (AvgIpc) is 2.88. The predicted octanol–water partition coefficient (Wildman–Crippen LogP) is 5.05. The lowest BCUT2D eigenvalue weighted by Gasteiger charge is -2.33. The zero-order valence-corrected chi connectivity index (χ0v) is 23.1. The van der Waals surface area contributed by atoms with E-state index in [0.717, 1.165) is 9.87 Å². The van der Waals surface area contributed by atoms with E-state index in [2.05, 4.69) is 5.32 Å². The maximum atomic E-state index is 13.9. The molecular formula is C27H29Cl2N3O4S. The van der Waals surface area contributed by atoms with E-state index in [1.807, 2.05) is 13.0 Å². The number of halogens is 2. The van der Waals surface area contributed by atoms with Crippen LogP contribution in [0.25, 0.3) is 0 Å². The molecule has 2 amide bonds. The number of carbonyl (C=O) groups is 2. The van der Waals surface area contributed by atoms with Gasteiger partial charge in [-0.25, -0.2) is 8.42 Å². The van der Waals surface area contributed by atoms with Gasteiger partial charge in [0, 0.05) is 23.6 Å². The summed E-state index contributed by atoms with van der Waals surface area (Å²) in [6.45, 7) is 3.10. The summed E-state index contributed by atoms with van der Waals surface area (Å²) in [6, 6.07) is 18.9. The highest BCUT2D eigenvalue weighted by atomic mass is 35.5. The molecule has 0 fully saturated rings. The first-order valence-electron chi connectivity index (χ1n) is 11.7. The van der Waals surface area contributed by atoms with Gasteiger partial charge in [0.2, 0.25) is 11.8 Å². The van der Waals surface area contributed by atoms with Gasteiger partial charge in [-0.05, 0) is 60.9 Å². The third-order valence-electron chi connectivity index (χ3n) is 5.89. The number of anilines is 1. The number of benzene rings is 3. The van der Waals surface area contributed by atoms with Gasteiger partial charge < -0.3 is 10.2 Å². The molecule has 0 radical (unpaired) electrons. The van der Waals surface area contributed by atoms with E-state index in [1.54, 1.807) is 61.5 Å². The first kappa shape index (κ1) is 28.5. The highest BCUT2D eigenvalue weighted by molar-refractivity contribution is 7.92. The molecule has 196 valence electrons. The molecule has 0 aromatic heterocycles. The number of sulfonamides is 1. The average molecular weight is 563 g/mol. The summed E-state index contributed by atoms with van der Waals surface area (Å²) >= 11 is 12.4. The summed E-state index contributed by atoms with van der Waals surface area (Å²) in [5.41, 5.74) is 1.75. The predicted molar refractivity (Wildman–Crippen MR) is 147 cm³/mol. The van der Waals surface area contributed by atoms with Crippen LogP contribution in [0, 0.1) is 6.92 Å². The van der Waals surface area contributed by atoms with Gasteiger partial charge in [0.1, 0.15) is 12.6 Å². The summed E-state index contributed by atoms with van der Waals surface area (Å²) in [7, 11) is -2.61. The SMILES string of the molecule is CC[C@@H](C(=O)NC)N(Cc1ccc(Cl)cc1Cl)C(=O)CN(c1cccc(C)c1)S(=O)(=O)c1ccccc1. The molecule has 3 aromatic carbocycles. The second kappa shape index (κ2) is 12.4. The van der Waals surface area contributed by atoms with Crippen molar-refractivity contribution in [2.45, 2.75) is 37.8 Å². The minimum absolute atomic E-state index is 0.00615. The van der Waals surface area contributed by atoms with Crippen LogP contribution in [0.1, 0.15) is 24.5 Å². The quantitative estimate of drug-likeness (QED) is 0.375. The van der Waals surface area contributed by atoms with E-state index < -0.39 is 28.5 Å². The van der Waals surface area contributed by atoms with Gasteiger partial charge in [0.05, 0.1) is 10.6 Å². The first-order valence-corrected chi connectivity index (χ1v) is 13.9. The van der Waals surface area contributed by atoms with Crippen molar-refractivity contribution in [2.24, 2.45) is 0 Å². The van der Waals surface area contributed by atoms with E-state index >= 15 is 0 Å². The van der Waals surface area contributed by atoms with Crippen LogP contribution in [0.15, 0.2) is 77.7 Å². The van der Waals surface area contributed by atoms with Gasteiger partial charge in [0.25, 0.3) is 10.0 Å². The smallest absolute Gasteiger partial charge is 0.264 e. The molecule has 0 saturated carbocycles. The normalized spacial score (nSPS) is 12.0. The molecular weight excluding hydrogens is 533 g/mol. The zero-order chi connectivity index (χ0) is 27.2. The number of likely N-dealkylation sites (N-methyl/N-ethyl adjacent to an activating group) is 1. The molecule has 1 N–H and O–H groups in total. The number of rotatable bonds is 10. The lowest BCUT2D eigenvalue weighted by Crippen LogP contribution is -2.51. The van der Waals surface area contributed by atoms with Gasteiger partial charge in [-0.15, -0.1) is 0 Å². The summed E-state index contributed by atoms with van der Waals surface area (Å²) < 4.78 is 28.5. The number of aryl methyl sites for hydroxylation is 1. The molecule has 37 heavy (non-hydrogen) atoms. The minimum atomic E-state index is -4.10. The molecule has 0 unspecified atom stereocenters. The molecule has 3 rings (SSSR count). The Morgan fingerprint density at radius 3 is 2.27 bits per heavy atom. The van der Waals surface area contributed by atoms with Crippen molar-refractivity contribution in [1.82, 2.24) is 10.2 Å². The minimum Gasteiger partial charge on any atom is -0.357 e. The van der Waals surface area contributed by atoms with Gasteiger partial charge >= 0.3 is 0 Å². The van der Waals surface area contributed by atoms with Crippen LogP contribution in [0.5, 0.6) is 0 Å². The van der Waals surface area contributed by atoms with E-state index in [-0.39, 0.29) is 17.3 Å². The van der Waals surface area contributed by atoms with Crippen molar-refractivity contribution >= 4 is 50.7 Å². The fourth-order valence-corrected chi connectivity index (χ4v) is 5.85. The largest absolute Gasteiger partial charge is 0.357 e. The second-order valence-corrected chi connectivity index (χ2v) is 11.2. The van der Waals surface area contributed by atoms with Gasteiger partial charge in [-0.3, -0.25) is 13.9 Å². The van der Waals surface area contributed by atoms with Crippen molar-refractivity contribution in [3.8, 4) is 0 Å². The van der Waals surface area contributed by atoms with E-state index in [9.17, 15) is 18.0 Å². The fourth-order valence-electron chi connectivity index (χ4n) is 3.95. The van der Waals surface area contributed by atoms with Crippen LogP contribution in [-0.4, -0.2) is 44.8 Å². The van der Waals surface area contributed by atoms with Gasteiger partial charge in [-0.1, -0.05) is 66.5 Å². The van der Waals surface area contributed by atoms with Gasteiger partial charge in [-0.2, -0.15) is 0 Å². The molecule has 0 heterocycles. The Bertz CT molecular complexity index is 1370. The molecule has 0 saturated heterocycles. The lowest BCUT2D eigenvalue weighted by molar-refractivity contribution is -0.140. The molecule has 0 aliphatic rings. The van der Waals surface area contributed by atoms with Crippen LogP contribution in [0.2, 0.25) is 10.0 Å². The van der Waals surface area contributed by atoms with Crippen molar-refractivity contribution in [3.05, 3.63) is 94.0 Å². The Hall–Kier alpha value is -3.07. The monoisotopic (exact) mass is 561 g/mol. The molecule has 10 heteroatoms. The van der Waals surface area contributed by atoms with E-state index in [1.165, 1.54) is 24.1 Å². The van der Waals surface area contributed by atoms with Crippen molar-refractivity contribution in [2.75, 3.05) is 17.9 Å². The second-order valence-electron chi connectivity index (χ2n) is 8.46. The standard InChI is InChI=1S/C27H29Cl2N3O4S/c1-4-25(27(34)30-3)31(17-20-13-14-21(28)16-24(20)29)26(33)18-32(22-10-8-9-19(2)15-22)37(35,36)23-11-6-5-7-12-23/h5-16,25H,4,17-18H2,1-3H3,(H,30,34)/t25-/m0/s1. The van der Waals surface area contributed by atoms with Crippen molar-refractivity contribution in [3.63, 3.8) is 0 Å². The lowest BCUT2D eigenvalue weighted by atomic mass is 10.1. The number of nitrogens with one attached hydrogen (secondary N) is 1. The Balaban J connectivity index is 2.07. The Morgan fingerprint density at radius 1 is 0.973 bits per heavy atom. The third-order valence-corrected chi connectivity index (χ3v) is 8.26. The van der Waals surface area contributed by atoms with Crippen LogP contribution in [0.3, 0.4) is 0 Å². The maximum absolute atomic E-state index is 13.9. The Kier molecular flexibility index (Phi) is 9.59. The Morgan fingerprint density at radius 2 is 1.68 bits per heavy atom. The molecule has 3 aromatic rings. The molecule has 7 nitrogen and oxygen atoms in total. The van der Waals surface area contributed by atoms with Gasteiger partial charge in [0.15, 0.2) is 0 Å². The number of nitrogens with zero attached hydrogens (tertiary/aromatic N) is 2. The van der Waals surface area contributed by atoms with Crippen molar-refractivity contribution in [1.29, 1.82) is 0 Å². The number of amides is 2. The number of carbonyl (C=O) groups excluding carboxylic acids is 2. The molecule has 0 spiro atoms. The third kappa shape index (κ3) is 6.83. The van der Waals surface area contributed by atoms with Crippen LogP contribution in [0.4, 0.5) is 5.69 Å². The summed E-state index contributed by atoms with van der Waals surface area (Å²) in [5, 5.41) is 3.36. The van der Waals surface area contributed by atoms with E-state index in [4.69, 9.17) is 23.2 Å². The van der Waals surface area contributed by atoms with Crippen molar-refractivity contribution < 1.29 is 18.0 Å². The molecule has 0 aliphatic heterocycles. The van der Waals surface area contributed by atoms with Crippen LogP contribution in [-0.2, 0) is 26.2 Å². The Labute approximate surface area is 228 Å². The highest BCUT2D eigenvalue weighted by Gasteiger charge is 2.33. The first-order chi connectivity index (χ1) is 17.6. The fraction of sp³-hybridized carbons (Fsp3) is 0.259. The molecule has 0 bridgehead atoms. The molecule has 1 atom stereocenters. The number of hydrogen-bond donors (Lipinski definition) is 1. The highest BCUT2D eigenvalue weighted by Crippen LogP contribution is 2.27. The summed E-state index contributed by atoms with van der Waals surface area (Å²) in [5.74, 6) is -0.920. The topological polar surface area (TPSA) is 86.8 Å². The molecule has 0 aliphatic carbocycles.